The van der Waals surface area contributed by atoms with Gasteiger partial charge in [-0.3, -0.25) is 4.57 Å². The second kappa shape index (κ2) is 10.4. The highest BCUT2D eigenvalue weighted by Crippen LogP contribution is 2.53. The molecule has 0 fully saturated rings. The maximum Gasteiger partial charge on any atom is 0.328 e. The Labute approximate surface area is 194 Å². The fourth-order valence-corrected chi connectivity index (χ4v) is 6.97. The largest absolute Gasteiger partial charge is 0.468 e. The van der Waals surface area contributed by atoms with Crippen molar-refractivity contribution in [3.63, 3.8) is 0 Å². The molecule has 0 aliphatic heterocycles. The molecule has 0 radical (unpaired) electrons. The predicted molar refractivity (Wildman–Crippen MR) is 133 cm³/mol. The minimum absolute atomic E-state index is 0.302. The van der Waals surface area contributed by atoms with Gasteiger partial charge in [-0.1, -0.05) is 97.1 Å². The zero-order chi connectivity index (χ0) is 23.1. The molecule has 1 atom stereocenters. The SMILES string of the molecule is COC(=O)C(c1ccccc1)N(Cc1ccccc1)P(=O)(c1ccccc1)c1ccccc1. The molecule has 0 spiro atoms. The van der Waals surface area contributed by atoms with Gasteiger partial charge in [0.15, 0.2) is 0 Å². The first kappa shape index (κ1) is 22.7. The van der Waals surface area contributed by atoms with Crippen molar-refractivity contribution >= 4 is 23.9 Å². The van der Waals surface area contributed by atoms with Gasteiger partial charge in [-0.2, -0.15) is 0 Å². The van der Waals surface area contributed by atoms with Crippen LogP contribution in [0.25, 0.3) is 0 Å². The Kier molecular flexibility index (Phi) is 7.19. The summed E-state index contributed by atoms with van der Waals surface area (Å²) in [5.41, 5.74) is 1.68. The summed E-state index contributed by atoms with van der Waals surface area (Å²) < 4.78 is 22.3. The minimum atomic E-state index is -3.46. The van der Waals surface area contributed by atoms with Crippen LogP contribution in [0.5, 0.6) is 0 Å². The Balaban J connectivity index is 1.99. The van der Waals surface area contributed by atoms with Crippen LogP contribution in [-0.2, 0) is 20.6 Å². The summed E-state index contributed by atoms with van der Waals surface area (Å²) in [6.45, 7) is 0.302. The van der Waals surface area contributed by atoms with Gasteiger partial charge in [0.2, 0.25) is 7.29 Å². The van der Waals surface area contributed by atoms with E-state index in [-0.39, 0.29) is 0 Å². The molecule has 1 unspecified atom stereocenters. The summed E-state index contributed by atoms with van der Waals surface area (Å²) in [5.74, 6) is -0.454. The van der Waals surface area contributed by atoms with Crippen LogP contribution in [-0.4, -0.2) is 17.7 Å². The van der Waals surface area contributed by atoms with Crippen molar-refractivity contribution in [3.8, 4) is 0 Å². The van der Waals surface area contributed by atoms with Gasteiger partial charge in [0.25, 0.3) is 0 Å². The van der Waals surface area contributed by atoms with Gasteiger partial charge in [-0.25, -0.2) is 9.46 Å². The molecule has 0 saturated heterocycles. The van der Waals surface area contributed by atoms with Crippen molar-refractivity contribution in [1.29, 1.82) is 0 Å². The minimum Gasteiger partial charge on any atom is -0.468 e. The molecule has 0 saturated carbocycles. The number of benzene rings is 4. The Bertz CT molecular complexity index is 1170. The summed E-state index contributed by atoms with van der Waals surface area (Å²) in [7, 11) is -2.09. The van der Waals surface area contributed by atoms with Gasteiger partial charge in [-0.05, 0) is 35.4 Å². The van der Waals surface area contributed by atoms with Crippen molar-refractivity contribution in [2.75, 3.05) is 7.11 Å². The second-order valence-corrected chi connectivity index (χ2v) is 10.4. The lowest BCUT2D eigenvalue weighted by Gasteiger charge is -2.37. The van der Waals surface area contributed by atoms with Crippen LogP contribution >= 0.6 is 7.29 Å². The lowest BCUT2D eigenvalue weighted by atomic mass is 10.1. The summed E-state index contributed by atoms with van der Waals surface area (Å²) in [4.78, 5) is 13.3. The number of carbonyl (C=O) groups is 1. The topological polar surface area (TPSA) is 46.6 Å². The zero-order valence-corrected chi connectivity index (χ0v) is 19.3. The number of nitrogens with zero attached hydrogens (tertiary/aromatic N) is 1. The number of methoxy groups -OCH3 is 1. The third kappa shape index (κ3) is 4.83. The molecule has 4 aromatic rings. The first-order valence-electron chi connectivity index (χ1n) is 10.8. The summed E-state index contributed by atoms with van der Waals surface area (Å²) in [6.07, 6.45) is 0. The van der Waals surface area contributed by atoms with E-state index in [2.05, 4.69) is 0 Å². The molecule has 0 heterocycles. The molecule has 33 heavy (non-hydrogen) atoms. The van der Waals surface area contributed by atoms with E-state index in [0.29, 0.717) is 17.2 Å². The maximum atomic E-state index is 15.3. The molecule has 0 aliphatic carbocycles. The van der Waals surface area contributed by atoms with E-state index >= 15 is 4.57 Å². The number of esters is 1. The molecular formula is C28H26NO3P. The van der Waals surface area contributed by atoms with Crippen molar-refractivity contribution in [2.45, 2.75) is 12.6 Å². The molecule has 4 rings (SSSR count). The van der Waals surface area contributed by atoms with Gasteiger partial charge in [-0.15, -0.1) is 0 Å². The Hall–Kier alpha value is -3.46. The average molecular weight is 455 g/mol. The number of hydrogen-bond acceptors (Lipinski definition) is 3. The standard InChI is InChI=1S/C28H26NO3P/c1-32-28(30)27(24-16-8-3-9-17-24)29(22-23-14-6-2-7-15-23)33(31,25-18-10-4-11-19-25)26-20-12-5-13-21-26/h2-21,27H,22H2,1H3. The molecule has 4 nitrogen and oxygen atoms in total. The van der Waals surface area contributed by atoms with Crippen LogP contribution in [0.1, 0.15) is 17.2 Å². The van der Waals surface area contributed by atoms with E-state index < -0.39 is 19.3 Å². The normalized spacial score (nSPS) is 12.3. The third-order valence-electron chi connectivity index (χ3n) is 5.60. The maximum absolute atomic E-state index is 15.3. The quantitative estimate of drug-likeness (QED) is 0.266. The highest BCUT2D eigenvalue weighted by Gasteiger charge is 2.43. The van der Waals surface area contributed by atoms with Crippen molar-refractivity contribution in [2.24, 2.45) is 0 Å². The van der Waals surface area contributed by atoms with E-state index in [1.165, 1.54) is 7.11 Å². The number of rotatable bonds is 8. The highest BCUT2D eigenvalue weighted by molar-refractivity contribution is 7.76. The molecule has 4 aromatic carbocycles. The predicted octanol–water partition coefficient (Wildman–Crippen LogP) is 5.33. The molecule has 166 valence electrons. The first-order chi connectivity index (χ1) is 16.1. The van der Waals surface area contributed by atoms with E-state index in [0.717, 1.165) is 11.1 Å². The van der Waals surface area contributed by atoms with Crippen LogP contribution in [0.3, 0.4) is 0 Å². The number of hydrogen-bond donors (Lipinski definition) is 0. The van der Waals surface area contributed by atoms with Crippen molar-refractivity contribution in [1.82, 2.24) is 4.67 Å². The summed E-state index contributed by atoms with van der Waals surface area (Å²) >= 11 is 0. The summed E-state index contributed by atoms with van der Waals surface area (Å²) in [5, 5.41) is 1.33. The third-order valence-corrected chi connectivity index (χ3v) is 8.69. The van der Waals surface area contributed by atoms with Crippen molar-refractivity contribution < 1.29 is 14.1 Å². The van der Waals surface area contributed by atoms with Gasteiger partial charge >= 0.3 is 5.97 Å². The Morgan fingerprint density at radius 2 is 1.15 bits per heavy atom. The van der Waals surface area contributed by atoms with E-state index in [1.807, 2.05) is 126 Å². The Morgan fingerprint density at radius 1 is 0.727 bits per heavy atom. The van der Waals surface area contributed by atoms with Crippen LogP contribution in [0.15, 0.2) is 121 Å². The Morgan fingerprint density at radius 3 is 1.61 bits per heavy atom. The smallest absolute Gasteiger partial charge is 0.328 e. The summed E-state index contributed by atoms with van der Waals surface area (Å²) in [6, 6.07) is 37.1. The van der Waals surface area contributed by atoms with E-state index in [4.69, 9.17) is 4.74 Å². The fourth-order valence-electron chi connectivity index (χ4n) is 4.01. The van der Waals surface area contributed by atoms with Crippen LogP contribution < -0.4 is 10.6 Å². The molecule has 0 aliphatic rings. The molecule has 0 N–H and O–H groups in total. The van der Waals surface area contributed by atoms with Gasteiger partial charge in [0.1, 0.15) is 6.04 Å². The average Bonchev–Trinajstić information content (AvgIpc) is 2.90. The van der Waals surface area contributed by atoms with Crippen molar-refractivity contribution in [3.05, 3.63) is 132 Å². The molecule has 0 aromatic heterocycles. The lowest BCUT2D eigenvalue weighted by molar-refractivity contribution is -0.145. The highest BCUT2D eigenvalue weighted by atomic mass is 31.2. The van der Waals surface area contributed by atoms with Crippen LogP contribution in [0.2, 0.25) is 0 Å². The molecule has 5 heteroatoms. The zero-order valence-electron chi connectivity index (χ0n) is 18.5. The lowest BCUT2D eigenvalue weighted by Crippen LogP contribution is -2.38. The number of ether oxygens (including phenoxy) is 1. The molecular weight excluding hydrogens is 429 g/mol. The molecule has 0 bridgehead atoms. The first-order valence-corrected chi connectivity index (χ1v) is 12.5. The van der Waals surface area contributed by atoms with E-state index in [1.54, 1.807) is 0 Å². The van der Waals surface area contributed by atoms with Gasteiger partial charge in [0, 0.05) is 17.2 Å². The second-order valence-electron chi connectivity index (χ2n) is 7.67. The van der Waals surface area contributed by atoms with Gasteiger partial charge < -0.3 is 4.74 Å². The van der Waals surface area contributed by atoms with Crippen LogP contribution in [0.4, 0.5) is 0 Å². The monoisotopic (exact) mass is 455 g/mol. The molecule has 0 amide bonds. The van der Waals surface area contributed by atoms with Gasteiger partial charge in [0.05, 0.1) is 7.11 Å². The van der Waals surface area contributed by atoms with E-state index in [9.17, 15) is 4.79 Å². The fraction of sp³-hybridized carbons (Fsp3) is 0.107. The number of carbonyl (C=O) groups excluding carboxylic acids is 1. The van der Waals surface area contributed by atoms with Crippen LogP contribution in [0, 0.1) is 0 Å².